The van der Waals surface area contributed by atoms with E-state index in [0.717, 1.165) is 19.3 Å². The van der Waals surface area contributed by atoms with E-state index >= 15 is 0 Å². The summed E-state index contributed by atoms with van der Waals surface area (Å²) in [5.74, 6) is -0.132. The van der Waals surface area contributed by atoms with E-state index < -0.39 is 12.1 Å². The Morgan fingerprint density at radius 3 is 2.24 bits per heavy atom. The molecule has 9 heteroatoms. The Morgan fingerprint density at radius 1 is 0.921 bits per heavy atom. The lowest BCUT2D eigenvalue weighted by molar-refractivity contribution is -0.185. The second kappa shape index (κ2) is 13.7. The molecule has 0 aliphatic rings. The predicted octanol–water partition coefficient (Wildman–Crippen LogP) is 6.20. The molecule has 0 aromatic heterocycles. The number of nitrogen functional groups attached to an aromatic ring is 2. The molecule has 0 bridgehead atoms. The zero-order valence-corrected chi connectivity index (χ0v) is 20.7. The number of nitrogens with zero attached hydrogens (tertiary/aromatic N) is 1. The van der Waals surface area contributed by atoms with Crippen LogP contribution in [0.4, 0.5) is 20.2 Å². The Bertz CT molecular complexity index is 1250. The van der Waals surface area contributed by atoms with Crippen molar-refractivity contribution in [1.82, 2.24) is 0 Å². The maximum Gasteiger partial charge on any atom is 0.426 e. The normalized spacial score (nSPS) is 11.2. The third-order valence-corrected chi connectivity index (χ3v) is 5.35. The second-order valence-corrected chi connectivity index (χ2v) is 8.48. The number of benzene rings is 3. The predicted molar refractivity (Wildman–Crippen MR) is 141 cm³/mol. The molecule has 0 heterocycles. The van der Waals surface area contributed by atoms with Crippen LogP contribution in [0.25, 0.3) is 6.08 Å². The van der Waals surface area contributed by atoms with E-state index in [1.54, 1.807) is 30.3 Å². The Kier molecular flexibility index (Phi) is 10.1. The summed E-state index contributed by atoms with van der Waals surface area (Å²) in [5.41, 5.74) is 13.3. The summed E-state index contributed by atoms with van der Waals surface area (Å²) < 4.78 is 44.9. The van der Waals surface area contributed by atoms with Crippen molar-refractivity contribution in [3.05, 3.63) is 89.5 Å². The number of hydrogen-bond acceptors (Lipinski definition) is 7. The van der Waals surface area contributed by atoms with Gasteiger partial charge in [0.1, 0.15) is 18.1 Å². The van der Waals surface area contributed by atoms with Gasteiger partial charge in [-0.3, -0.25) is 0 Å². The molecule has 3 rings (SSSR count). The molecule has 0 radical (unpaired) electrons. The number of carbonyl (C=O) groups is 1. The molecule has 0 atom stereocenters. The van der Waals surface area contributed by atoms with Crippen molar-refractivity contribution in [3.63, 3.8) is 0 Å². The molecule has 0 unspecified atom stereocenters. The summed E-state index contributed by atoms with van der Waals surface area (Å²) >= 11 is 0. The first-order valence-electron chi connectivity index (χ1n) is 12.0. The third kappa shape index (κ3) is 9.13. The van der Waals surface area contributed by atoms with E-state index in [1.807, 2.05) is 0 Å². The summed E-state index contributed by atoms with van der Waals surface area (Å²) in [7, 11) is 0. The number of nitriles is 1. The molecule has 38 heavy (non-hydrogen) atoms. The highest BCUT2D eigenvalue weighted by molar-refractivity contribution is 5.87. The third-order valence-electron chi connectivity index (χ3n) is 5.35. The fraction of sp³-hybridized carbons (Fsp3) is 0.241. The number of alkyl halides is 2. The smallest absolute Gasteiger partial charge is 0.426 e. The van der Waals surface area contributed by atoms with E-state index in [4.69, 9.17) is 30.9 Å². The first-order chi connectivity index (χ1) is 18.2. The molecule has 4 N–H and O–H groups in total. The zero-order valence-electron chi connectivity index (χ0n) is 20.7. The van der Waals surface area contributed by atoms with Crippen molar-refractivity contribution in [1.29, 1.82) is 5.26 Å². The van der Waals surface area contributed by atoms with Gasteiger partial charge in [0, 0.05) is 23.9 Å². The van der Waals surface area contributed by atoms with Gasteiger partial charge in [0.25, 0.3) is 0 Å². The number of esters is 1. The molecule has 3 aromatic carbocycles. The number of anilines is 2. The van der Waals surface area contributed by atoms with Crippen LogP contribution in [0.3, 0.4) is 0 Å². The van der Waals surface area contributed by atoms with E-state index in [9.17, 15) is 13.6 Å². The number of ether oxygens (including phenoxy) is 3. The average molecular weight is 522 g/mol. The molecule has 198 valence electrons. The Hall–Kier alpha value is -4.58. The molecular formula is C29H29F2N3O4. The molecule has 0 fully saturated rings. The van der Waals surface area contributed by atoms with Crippen LogP contribution >= 0.6 is 0 Å². The van der Waals surface area contributed by atoms with Crippen molar-refractivity contribution >= 4 is 23.4 Å². The summed E-state index contributed by atoms with van der Waals surface area (Å²) in [6.07, 6.45) is 2.16. The van der Waals surface area contributed by atoms with Crippen LogP contribution in [0, 0.1) is 11.3 Å². The summed E-state index contributed by atoms with van der Waals surface area (Å²) in [5, 5.41) is 8.52. The van der Waals surface area contributed by atoms with Gasteiger partial charge in [-0.05, 0) is 91.1 Å². The second-order valence-electron chi connectivity index (χ2n) is 8.48. The SMILES string of the molecule is N#CCCCCCOc1ccc(C(F)(F)Oc2ccc(/C=C/C(=O)OCc3cc(N)cc(N)c3)cc2)cc1. The molecule has 0 aliphatic carbocycles. The molecule has 0 amide bonds. The number of rotatable bonds is 13. The molecule has 0 aliphatic heterocycles. The lowest BCUT2D eigenvalue weighted by Crippen LogP contribution is -2.21. The highest BCUT2D eigenvalue weighted by Gasteiger charge is 2.34. The zero-order chi connectivity index (χ0) is 27.4. The minimum absolute atomic E-state index is 0.0106. The molecule has 0 saturated carbocycles. The number of nitrogens with two attached hydrogens (primary N) is 2. The van der Waals surface area contributed by atoms with Crippen molar-refractivity contribution in [3.8, 4) is 17.6 Å². The molecule has 3 aromatic rings. The fourth-order valence-corrected chi connectivity index (χ4v) is 3.47. The van der Waals surface area contributed by atoms with Crippen LogP contribution in [0.1, 0.15) is 42.4 Å². The summed E-state index contributed by atoms with van der Waals surface area (Å²) in [6, 6.07) is 18.3. The van der Waals surface area contributed by atoms with Gasteiger partial charge in [-0.2, -0.15) is 14.0 Å². The van der Waals surface area contributed by atoms with Crippen LogP contribution in [0.2, 0.25) is 0 Å². The average Bonchev–Trinajstić information content (AvgIpc) is 2.88. The lowest BCUT2D eigenvalue weighted by Gasteiger charge is -2.18. The maximum atomic E-state index is 14.6. The van der Waals surface area contributed by atoms with E-state index in [1.165, 1.54) is 48.6 Å². The van der Waals surface area contributed by atoms with Crippen LogP contribution in [0.15, 0.2) is 72.8 Å². The highest BCUT2D eigenvalue weighted by Crippen LogP contribution is 2.32. The largest absolute Gasteiger partial charge is 0.494 e. The molecule has 0 saturated heterocycles. The van der Waals surface area contributed by atoms with Crippen molar-refractivity contribution in [2.24, 2.45) is 0 Å². The van der Waals surface area contributed by atoms with Gasteiger partial charge in [0.15, 0.2) is 0 Å². The van der Waals surface area contributed by atoms with Gasteiger partial charge in [-0.1, -0.05) is 12.1 Å². The topological polar surface area (TPSA) is 121 Å². The van der Waals surface area contributed by atoms with Gasteiger partial charge in [-0.25, -0.2) is 4.79 Å². The van der Waals surface area contributed by atoms with Gasteiger partial charge in [0.05, 0.1) is 18.2 Å². The molecule has 7 nitrogen and oxygen atoms in total. The summed E-state index contributed by atoms with van der Waals surface area (Å²) in [4.78, 5) is 12.0. The standard InChI is InChI=1S/C29H29F2N3O4/c30-29(31,23-8-12-26(13-9-23)36-16-4-2-1-3-15-32)38-27-10-5-21(6-11-27)7-14-28(35)37-20-22-17-24(33)19-25(34)18-22/h5-14,17-19H,1-4,16,20,33-34H2/b14-7+. The number of unbranched alkanes of at least 4 members (excludes halogenated alkanes) is 3. The Labute approximate surface area is 220 Å². The fourth-order valence-electron chi connectivity index (χ4n) is 3.47. The number of hydrogen-bond donors (Lipinski definition) is 2. The minimum atomic E-state index is -3.55. The highest BCUT2D eigenvalue weighted by atomic mass is 19.3. The maximum absolute atomic E-state index is 14.6. The van der Waals surface area contributed by atoms with Crippen LogP contribution in [-0.4, -0.2) is 12.6 Å². The lowest BCUT2D eigenvalue weighted by atomic mass is 10.2. The monoisotopic (exact) mass is 521 g/mol. The Balaban J connectivity index is 1.48. The van der Waals surface area contributed by atoms with E-state index in [0.29, 0.717) is 41.3 Å². The minimum Gasteiger partial charge on any atom is -0.494 e. The van der Waals surface area contributed by atoms with Crippen molar-refractivity contribution in [2.45, 2.75) is 38.4 Å². The quantitative estimate of drug-likeness (QED) is 0.119. The van der Waals surface area contributed by atoms with Crippen molar-refractivity contribution in [2.75, 3.05) is 18.1 Å². The first kappa shape index (κ1) is 28.0. The molecule has 0 spiro atoms. The van der Waals surface area contributed by atoms with E-state index in [-0.39, 0.29) is 17.9 Å². The van der Waals surface area contributed by atoms with Gasteiger partial charge in [-0.15, -0.1) is 0 Å². The summed E-state index contributed by atoms with van der Waals surface area (Å²) in [6.45, 7) is 0.462. The number of halogens is 2. The first-order valence-corrected chi connectivity index (χ1v) is 12.0. The van der Waals surface area contributed by atoms with Gasteiger partial charge >= 0.3 is 12.1 Å². The number of carbonyl (C=O) groups excluding carboxylic acids is 1. The van der Waals surface area contributed by atoms with Crippen LogP contribution < -0.4 is 20.9 Å². The van der Waals surface area contributed by atoms with Gasteiger partial charge in [0.2, 0.25) is 0 Å². The van der Waals surface area contributed by atoms with Crippen LogP contribution in [-0.2, 0) is 22.2 Å². The molecular weight excluding hydrogens is 492 g/mol. The van der Waals surface area contributed by atoms with Crippen LogP contribution in [0.5, 0.6) is 11.5 Å². The Morgan fingerprint density at radius 2 is 1.58 bits per heavy atom. The van der Waals surface area contributed by atoms with Crippen molar-refractivity contribution < 1.29 is 27.8 Å². The van der Waals surface area contributed by atoms with Gasteiger partial charge < -0.3 is 25.7 Å². The van der Waals surface area contributed by atoms with E-state index in [2.05, 4.69) is 6.07 Å².